The van der Waals surface area contributed by atoms with Crippen molar-refractivity contribution in [3.05, 3.63) is 41.5 Å². The van der Waals surface area contributed by atoms with E-state index < -0.39 is 0 Å². The molecule has 98 valence electrons. The maximum atomic E-state index is 5.64. The van der Waals surface area contributed by atoms with Gasteiger partial charge in [-0.2, -0.15) is 4.98 Å². The molecule has 0 amide bonds. The number of nitrogens with two attached hydrogens (primary N) is 1. The Bertz CT molecular complexity index is 565. The fourth-order valence-corrected chi connectivity index (χ4v) is 2.44. The summed E-state index contributed by atoms with van der Waals surface area (Å²) in [6.45, 7) is 0. The molecule has 0 aliphatic heterocycles. The molecular formula is C15H17N3O. The zero-order valence-electron chi connectivity index (χ0n) is 10.7. The van der Waals surface area contributed by atoms with Gasteiger partial charge in [0.05, 0.1) is 0 Å². The topological polar surface area (TPSA) is 64.9 Å². The predicted octanol–water partition coefficient (Wildman–Crippen LogP) is 3.48. The second-order valence-electron chi connectivity index (χ2n) is 4.97. The molecule has 1 fully saturated rings. The van der Waals surface area contributed by atoms with Gasteiger partial charge in [0.2, 0.25) is 0 Å². The number of nitrogen functional groups attached to an aromatic ring is 1. The van der Waals surface area contributed by atoms with E-state index >= 15 is 0 Å². The lowest BCUT2D eigenvalue weighted by Crippen LogP contribution is -1.94. The molecule has 1 aromatic heterocycles. The summed E-state index contributed by atoms with van der Waals surface area (Å²) in [5, 5.41) is 4.07. The SMILES string of the molecule is Nc1ccc(/C=C/c2nc(C3CCCC3)no2)cc1. The van der Waals surface area contributed by atoms with Gasteiger partial charge in [0.1, 0.15) is 0 Å². The molecule has 4 nitrogen and oxygen atoms in total. The molecular weight excluding hydrogens is 238 g/mol. The number of aromatic nitrogens is 2. The Kier molecular flexibility index (Phi) is 3.31. The van der Waals surface area contributed by atoms with Crippen LogP contribution in [-0.2, 0) is 0 Å². The highest BCUT2D eigenvalue weighted by Gasteiger charge is 2.21. The average molecular weight is 255 g/mol. The Morgan fingerprint density at radius 2 is 1.84 bits per heavy atom. The Morgan fingerprint density at radius 1 is 1.11 bits per heavy atom. The van der Waals surface area contributed by atoms with Crippen LogP contribution >= 0.6 is 0 Å². The Labute approximate surface area is 112 Å². The normalized spacial score (nSPS) is 16.4. The Balaban J connectivity index is 1.71. The zero-order valence-corrected chi connectivity index (χ0v) is 10.7. The number of hydrogen-bond donors (Lipinski definition) is 1. The molecule has 3 rings (SSSR count). The summed E-state index contributed by atoms with van der Waals surface area (Å²) in [6.07, 6.45) is 8.70. The van der Waals surface area contributed by atoms with Gasteiger partial charge in [-0.1, -0.05) is 30.1 Å². The summed E-state index contributed by atoms with van der Waals surface area (Å²) in [5.74, 6) is 1.91. The van der Waals surface area contributed by atoms with Crippen molar-refractivity contribution in [1.82, 2.24) is 10.1 Å². The van der Waals surface area contributed by atoms with Gasteiger partial charge in [0.15, 0.2) is 5.82 Å². The number of anilines is 1. The molecule has 1 heterocycles. The van der Waals surface area contributed by atoms with Crippen molar-refractivity contribution in [2.24, 2.45) is 0 Å². The fourth-order valence-electron chi connectivity index (χ4n) is 2.44. The summed E-state index contributed by atoms with van der Waals surface area (Å²) in [7, 11) is 0. The van der Waals surface area contributed by atoms with E-state index in [2.05, 4.69) is 10.1 Å². The first kappa shape index (κ1) is 12.0. The third-order valence-corrected chi connectivity index (χ3v) is 3.53. The summed E-state index contributed by atoms with van der Waals surface area (Å²) in [6, 6.07) is 7.66. The number of benzene rings is 1. The molecule has 1 saturated carbocycles. The largest absolute Gasteiger partial charge is 0.399 e. The van der Waals surface area contributed by atoms with E-state index in [0.29, 0.717) is 11.8 Å². The summed E-state index contributed by atoms with van der Waals surface area (Å²) < 4.78 is 5.25. The quantitative estimate of drug-likeness (QED) is 0.853. The second-order valence-corrected chi connectivity index (χ2v) is 4.97. The predicted molar refractivity (Wildman–Crippen MR) is 75.3 cm³/mol. The van der Waals surface area contributed by atoms with Crippen LogP contribution in [0.3, 0.4) is 0 Å². The van der Waals surface area contributed by atoms with Gasteiger partial charge in [0.25, 0.3) is 5.89 Å². The first-order valence-electron chi connectivity index (χ1n) is 6.68. The molecule has 2 N–H and O–H groups in total. The first-order chi connectivity index (χ1) is 9.31. The van der Waals surface area contributed by atoms with E-state index in [1.807, 2.05) is 36.4 Å². The van der Waals surface area contributed by atoms with Crippen molar-refractivity contribution in [3.63, 3.8) is 0 Å². The average Bonchev–Trinajstić information content (AvgIpc) is 3.09. The molecule has 19 heavy (non-hydrogen) atoms. The minimum Gasteiger partial charge on any atom is -0.399 e. The van der Waals surface area contributed by atoms with Gasteiger partial charge in [-0.3, -0.25) is 0 Å². The molecule has 0 atom stereocenters. The maximum Gasteiger partial charge on any atom is 0.250 e. The van der Waals surface area contributed by atoms with Crippen LogP contribution in [0.2, 0.25) is 0 Å². The smallest absolute Gasteiger partial charge is 0.250 e. The van der Waals surface area contributed by atoms with E-state index in [9.17, 15) is 0 Å². The maximum absolute atomic E-state index is 5.64. The number of rotatable bonds is 3. The minimum absolute atomic E-state index is 0.488. The molecule has 0 bridgehead atoms. The van der Waals surface area contributed by atoms with Gasteiger partial charge in [0, 0.05) is 17.7 Å². The van der Waals surface area contributed by atoms with Crippen molar-refractivity contribution in [2.75, 3.05) is 5.73 Å². The molecule has 0 unspecified atom stereocenters. The van der Waals surface area contributed by atoms with Gasteiger partial charge in [-0.25, -0.2) is 0 Å². The lowest BCUT2D eigenvalue weighted by atomic mass is 10.1. The summed E-state index contributed by atoms with van der Waals surface area (Å²) in [4.78, 5) is 4.44. The van der Waals surface area contributed by atoms with E-state index in [0.717, 1.165) is 17.1 Å². The zero-order chi connectivity index (χ0) is 13.1. The van der Waals surface area contributed by atoms with Crippen LogP contribution in [0.1, 0.15) is 48.9 Å². The van der Waals surface area contributed by atoms with Gasteiger partial charge >= 0.3 is 0 Å². The highest BCUT2D eigenvalue weighted by atomic mass is 16.5. The molecule has 2 aromatic rings. The van der Waals surface area contributed by atoms with E-state index in [4.69, 9.17) is 10.3 Å². The first-order valence-corrected chi connectivity index (χ1v) is 6.68. The van der Waals surface area contributed by atoms with Crippen LogP contribution in [0.4, 0.5) is 5.69 Å². The van der Waals surface area contributed by atoms with Crippen molar-refractivity contribution >= 4 is 17.8 Å². The number of hydrogen-bond acceptors (Lipinski definition) is 4. The molecule has 1 aliphatic rings. The van der Waals surface area contributed by atoms with Gasteiger partial charge in [-0.15, -0.1) is 0 Å². The molecule has 0 saturated heterocycles. The number of nitrogens with zero attached hydrogens (tertiary/aromatic N) is 2. The van der Waals surface area contributed by atoms with Crippen LogP contribution in [0.25, 0.3) is 12.2 Å². The third kappa shape index (κ3) is 2.84. The van der Waals surface area contributed by atoms with Gasteiger partial charge < -0.3 is 10.3 Å². The Hall–Kier alpha value is -2.10. The van der Waals surface area contributed by atoms with Crippen LogP contribution < -0.4 is 5.73 Å². The molecule has 0 spiro atoms. The molecule has 0 radical (unpaired) electrons. The second kappa shape index (κ2) is 5.26. The van der Waals surface area contributed by atoms with Crippen molar-refractivity contribution in [1.29, 1.82) is 0 Å². The standard InChI is InChI=1S/C15H17N3O/c16-13-8-5-11(6-9-13)7-10-14-17-15(18-19-14)12-3-1-2-4-12/h5-10,12H,1-4,16H2/b10-7+. The summed E-state index contributed by atoms with van der Waals surface area (Å²) >= 11 is 0. The van der Waals surface area contributed by atoms with E-state index in [1.165, 1.54) is 25.7 Å². The third-order valence-electron chi connectivity index (χ3n) is 3.53. The monoisotopic (exact) mass is 255 g/mol. The van der Waals surface area contributed by atoms with Crippen LogP contribution in [0.15, 0.2) is 28.8 Å². The molecule has 1 aromatic carbocycles. The van der Waals surface area contributed by atoms with Crippen molar-refractivity contribution in [3.8, 4) is 0 Å². The molecule has 1 aliphatic carbocycles. The Morgan fingerprint density at radius 3 is 2.58 bits per heavy atom. The fraction of sp³-hybridized carbons (Fsp3) is 0.333. The van der Waals surface area contributed by atoms with E-state index in [1.54, 1.807) is 0 Å². The molecule has 4 heteroatoms. The van der Waals surface area contributed by atoms with Crippen LogP contribution in [-0.4, -0.2) is 10.1 Å². The lowest BCUT2D eigenvalue weighted by Gasteiger charge is -1.99. The summed E-state index contributed by atoms with van der Waals surface area (Å²) in [5.41, 5.74) is 7.47. The van der Waals surface area contributed by atoms with Crippen molar-refractivity contribution < 1.29 is 4.52 Å². The lowest BCUT2D eigenvalue weighted by molar-refractivity contribution is 0.398. The van der Waals surface area contributed by atoms with E-state index in [-0.39, 0.29) is 0 Å². The highest BCUT2D eigenvalue weighted by molar-refractivity contribution is 5.66. The van der Waals surface area contributed by atoms with Gasteiger partial charge in [-0.05, 0) is 36.6 Å². The van der Waals surface area contributed by atoms with Crippen molar-refractivity contribution in [2.45, 2.75) is 31.6 Å². The minimum atomic E-state index is 0.488. The van der Waals surface area contributed by atoms with Crippen LogP contribution in [0, 0.1) is 0 Å². The highest BCUT2D eigenvalue weighted by Crippen LogP contribution is 2.32. The van der Waals surface area contributed by atoms with Crippen LogP contribution in [0.5, 0.6) is 0 Å².